The molecule has 0 saturated carbocycles. The zero-order valence-corrected chi connectivity index (χ0v) is 16.2. The number of ether oxygens (including phenoxy) is 1. The van der Waals surface area contributed by atoms with Crippen LogP contribution in [-0.2, 0) is 17.9 Å². The van der Waals surface area contributed by atoms with E-state index in [2.05, 4.69) is 48.6 Å². The Hall–Kier alpha value is -3.11. The predicted molar refractivity (Wildman–Crippen MR) is 110 cm³/mol. The van der Waals surface area contributed by atoms with E-state index in [-0.39, 0.29) is 11.8 Å². The number of fused-ring (bicyclic) bond motifs is 2. The Morgan fingerprint density at radius 3 is 1.96 bits per heavy atom. The van der Waals surface area contributed by atoms with Crippen molar-refractivity contribution in [2.24, 2.45) is 0 Å². The summed E-state index contributed by atoms with van der Waals surface area (Å²) in [6.45, 7) is 1.41. The first-order chi connectivity index (χ1) is 13.6. The molecule has 0 radical (unpaired) electrons. The second-order valence-corrected chi connectivity index (χ2v) is 7.38. The van der Waals surface area contributed by atoms with Crippen LogP contribution in [0.2, 0.25) is 0 Å². The number of rotatable bonds is 5. The third kappa shape index (κ3) is 3.78. The number of carbonyl (C=O) groups is 1. The first-order valence-corrected chi connectivity index (χ1v) is 9.48. The molecule has 4 heteroatoms. The number of amides is 1. The van der Waals surface area contributed by atoms with Crippen LogP contribution in [0.4, 0.5) is 0 Å². The monoisotopic (exact) mass is 372 g/mol. The Morgan fingerprint density at radius 2 is 1.39 bits per heavy atom. The maximum atomic E-state index is 13.1. The number of carbonyl (C=O) groups excluding carboxylic acids is 1. The van der Waals surface area contributed by atoms with E-state index in [1.165, 1.54) is 5.56 Å². The molecule has 0 atom stereocenters. The molecule has 0 bridgehead atoms. The minimum Gasteiger partial charge on any atom is -0.457 e. The van der Waals surface area contributed by atoms with Crippen LogP contribution in [0, 0.1) is 0 Å². The lowest BCUT2D eigenvalue weighted by Gasteiger charge is -2.27. The summed E-state index contributed by atoms with van der Waals surface area (Å²) in [5.74, 6) is 1.11. The molecule has 1 aliphatic rings. The fourth-order valence-electron chi connectivity index (χ4n) is 3.61. The van der Waals surface area contributed by atoms with Gasteiger partial charge in [0.05, 0.1) is 5.92 Å². The average molecular weight is 372 g/mol. The largest absolute Gasteiger partial charge is 0.457 e. The zero-order chi connectivity index (χ0) is 19.5. The molecule has 142 valence electrons. The maximum absolute atomic E-state index is 13.1. The first-order valence-electron chi connectivity index (χ1n) is 9.48. The van der Waals surface area contributed by atoms with Crippen molar-refractivity contribution >= 4 is 5.91 Å². The van der Waals surface area contributed by atoms with Gasteiger partial charge in [-0.1, -0.05) is 60.7 Å². The molecule has 3 aromatic rings. The Labute approximate surface area is 165 Å². The van der Waals surface area contributed by atoms with E-state index in [0.29, 0.717) is 6.54 Å². The van der Waals surface area contributed by atoms with E-state index >= 15 is 0 Å². The third-order valence-corrected chi connectivity index (χ3v) is 4.93. The highest BCUT2D eigenvalue weighted by Gasteiger charge is 2.32. The standard InChI is InChI=1S/C24H24N2O2/c1-26(2)16-18-13-11-17(12-14-18)15-25-24(27)23-19-7-3-5-9-21(19)28-22-10-6-4-8-20(22)23/h3-14,23H,15-16H2,1-2H3,(H,25,27). The van der Waals surface area contributed by atoms with Gasteiger partial charge in [-0.25, -0.2) is 0 Å². The number of benzene rings is 3. The van der Waals surface area contributed by atoms with E-state index in [4.69, 9.17) is 4.74 Å². The molecule has 4 nitrogen and oxygen atoms in total. The van der Waals surface area contributed by atoms with Crippen molar-refractivity contribution in [3.63, 3.8) is 0 Å². The SMILES string of the molecule is CN(C)Cc1ccc(CNC(=O)C2c3ccccc3Oc3ccccc32)cc1. The van der Waals surface area contributed by atoms with Crippen molar-refractivity contribution < 1.29 is 9.53 Å². The van der Waals surface area contributed by atoms with Gasteiger partial charge in [0, 0.05) is 24.2 Å². The summed E-state index contributed by atoms with van der Waals surface area (Å²) in [5, 5.41) is 3.11. The summed E-state index contributed by atoms with van der Waals surface area (Å²) in [4.78, 5) is 15.3. The van der Waals surface area contributed by atoms with Crippen molar-refractivity contribution in [1.29, 1.82) is 0 Å². The highest BCUT2D eigenvalue weighted by Crippen LogP contribution is 2.43. The van der Waals surface area contributed by atoms with E-state index in [0.717, 1.165) is 34.7 Å². The van der Waals surface area contributed by atoms with Gasteiger partial charge >= 0.3 is 0 Å². The van der Waals surface area contributed by atoms with E-state index in [1.807, 2.05) is 48.5 Å². The van der Waals surface area contributed by atoms with Crippen LogP contribution in [0.1, 0.15) is 28.2 Å². The number of nitrogens with zero attached hydrogens (tertiary/aromatic N) is 1. The van der Waals surface area contributed by atoms with Gasteiger partial charge < -0.3 is 15.0 Å². The van der Waals surface area contributed by atoms with Gasteiger partial charge in [-0.3, -0.25) is 4.79 Å². The lowest BCUT2D eigenvalue weighted by molar-refractivity contribution is -0.122. The first kappa shape index (κ1) is 18.3. The van der Waals surface area contributed by atoms with Crippen LogP contribution >= 0.6 is 0 Å². The number of hydrogen-bond acceptors (Lipinski definition) is 3. The molecule has 0 aromatic heterocycles. The molecule has 0 aliphatic carbocycles. The van der Waals surface area contributed by atoms with Crippen molar-refractivity contribution in [2.45, 2.75) is 19.0 Å². The van der Waals surface area contributed by atoms with E-state index < -0.39 is 0 Å². The highest BCUT2D eigenvalue weighted by atomic mass is 16.5. The van der Waals surface area contributed by atoms with Crippen LogP contribution in [0.15, 0.2) is 72.8 Å². The Kier molecular flexibility index (Phi) is 5.13. The Morgan fingerprint density at radius 1 is 0.857 bits per heavy atom. The van der Waals surface area contributed by atoms with Crippen LogP contribution in [0.3, 0.4) is 0 Å². The van der Waals surface area contributed by atoms with Gasteiger partial charge in [-0.05, 0) is 37.4 Å². The second kappa shape index (κ2) is 7.87. The molecule has 1 N–H and O–H groups in total. The molecule has 0 fully saturated rings. The molecule has 4 rings (SSSR count). The molecule has 0 saturated heterocycles. The highest BCUT2D eigenvalue weighted by molar-refractivity contribution is 5.89. The summed E-state index contributed by atoms with van der Waals surface area (Å²) in [7, 11) is 4.11. The van der Waals surface area contributed by atoms with Gasteiger partial charge in [0.2, 0.25) is 5.91 Å². The molecule has 3 aromatic carbocycles. The molecule has 0 spiro atoms. The molecule has 1 aliphatic heterocycles. The molecule has 1 heterocycles. The minimum absolute atomic E-state index is 0.0134. The fourth-order valence-corrected chi connectivity index (χ4v) is 3.61. The van der Waals surface area contributed by atoms with E-state index in [9.17, 15) is 4.79 Å². The van der Waals surface area contributed by atoms with Crippen LogP contribution in [-0.4, -0.2) is 24.9 Å². The van der Waals surface area contributed by atoms with Crippen molar-refractivity contribution in [2.75, 3.05) is 14.1 Å². The number of para-hydroxylation sites is 2. The zero-order valence-electron chi connectivity index (χ0n) is 16.2. The van der Waals surface area contributed by atoms with Crippen LogP contribution in [0.25, 0.3) is 0 Å². The van der Waals surface area contributed by atoms with Crippen LogP contribution in [0.5, 0.6) is 11.5 Å². The van der Waals surface area contributed by atoms with Crippen molar-refractivity contribution in [1.82, 2.24) is 10.2 Å². The summed E-state index contributed by atoms with van der Waals surface area (Å²) < 4.78 is 5.98. The average Bonchev–Trinajstić information content (AvgIpc) is 2.71. The Balaban J connectivity index is 1.52. The van der Waals surface area contributed by atoms with E-state index in [1.54, 1.807) is 0 Å². The molecular weight excluding hydrogens is 348 g/mol. The smallest absolute Gasteiger partial charge is 0.232 e. The minimum atomic E-state index is -0.367. The molecular formula is C24H24N2O2. The normalized spacial score (nSPS) is 12.8. The number of hydrogen-bond donors (Lipinski definition) is 1. The quantitative estimate of drug-likeness (QED) is 0.726. The van der Waals surface area contributed by atoms with Gasteiger partial charge in [0.15, 0.2) is 0 Å². The van der Waals surface area contributed by atoms with Gasteiger partial charge in [0.25, 0.3) is 0 Å². The lowest BCUT2D eigenvalue weighted by atomic mass is 9.87. The summed E-state index contributed by atoms with van der Waals surface area (Å²) in [5.41, 5.74) is 4.15. The fraction of sp³-hybridized carbons (Fsp3) is 0.208. The van der Waals surface area contributed by atoms with Crippen LogP contribution < -0.4 is 10.1 Å². The van der Waals surface area contributed by atoms with Crippen molar-refractivity contribution in [3.8, 4) is 11.5 Å². The topological polar surface area (TPSA) is 41.6 Å². The van der Waals surface area contributed by atoms with Gasteiger partial charge in [0.1, 0.15) is 11.5 Å². The lowest BCUT2D eigenvalue weighted by Crippen LogP contribution is -2.31. The summed E-state index contributed by atoms with van der Waals surface area (Å²) in [6.07, 6.45) is 0. The number of nitrogens with one attached hydrogen (secondary N) is 1. The third-order valence-electron chi connectivity index (χ3n) is 4.93. The summed E-state index contributed by atoms with van der Waals surface area (Å²) in [6, 6.07) is 23.9. The van der Waals surface area contributed by atoms with Gasteiger partial charge in [-0.15, -0.1) is 0 Å². The van der Waals surface area contributed by atoms with Gasteiger partial charge in [-0.2, -0.15) is 0 Å². The summed E-state index contributed by atoms with van der Waals surface area (Å²) >= 11 is 0. The Bertz CT molecular complexity index is 934. The molecule has 28 heavy (non-hydrogen) atoms. The molecule has 0 unspecified atom stereocenters. The predicted octanol–water partition coefficient (Wildman–Crippen LogP) is 4.30. The maximum Gasteiger partial charge on any atom is 0.232 e. The molecule has 1 amide bonds. The second-order valence-electron chi connectivity index (χ2n) is 7.38. The van der Waals surface area contributed by atoms with Crippen molar-refractivity contribution in [3.05, 3.63) is 95.1 Å².